The fourth-order valence-corrected chi connectivity index (χ4v) is 3.22. The van der Waals surface area contributed by atoms with Crippen LogP contribution in [0.15, 0.2) is 29.3 Å². The van der Waals surface area contributed by atoms with E-state index in [1.807, 2.05) is 6.92 Å². The Morgan fingerprint density at radius 3 is 2.52 bits per heavy atom. The van der Waals surface area contributed by atoms with E-state index in [-0.39, 0.29) is 41.7 Å². The van der Waals surface area contributed by atoms with E-state index in [1.54, 1.807) is 25.3 Å². The Morgan fingerprint density at radius 2 is 1.93 bits per heavy atom. The number of rotatable bonds is 10. The maximum atomic E-state index is 12.4. The average Bonchev–Trinajstić information content (AvgIpc) is 2.63. The predicted octanol–water partition coefficient (Wildman–Crippen LogP) is 4.51. The molecule has 0 amide bonds. The Morgan fingerprint density at radius 1 is 1.21 bits per heavy atom. The molecule has 1 aliphatic carbocycles. The monoisotopic (exact) mass is 529 g/mol. The standard InChI is InChI=1S/C20H30F3N3O2.HI/c1-3-24-18(26-14-19(9-6-10-19)11-12-27-2)25-13-16-7-4-5-8-17(16)28-15-20(21,22)23;/h4-5,7-8H,3,6,9-15H2,1-2H3,(H2,24,25,26);1H. The van der Waals surface area contributed by atoms with Gasteiger partial charge in [0.15, 0.2) is 12.6 Å². The minimum absolute atomic E-state index is 0. The molecule has 9 heteroatoms. The van der Waals surface area contributed by atoms with E-state index in [9.17, 15) is 13.2 Å². The van der Waals surface area contributed by atoms with Crippen molar-refractivity contribution >= 4 is 29.9 Å². The van der Waals surface area contributed by atoms with E-state index in [1.165, 1.54) is 12.5 Å². The van der Waals surface area contributed by atoms with Crippen LogP contribution in [0.25, 0.3) is 0 Å². The van der Waals surface area contributed by atoms with Crippen LogP contribution < -0.4 is 15.4 Å². The van der Waals surface area contributed by atoms with Crippen molar-refractivity contribution in [2.24, 2.45) is 10.4 Å². The first-order valence-electron chi connectivity index (χ1n) is 9.66. The van der Waals surface area contributed by atoms with E-state index in [4.69, 9.17) is 9.47 Å². The Balaban J connectivity index is 0.00000420. The van der Waals surface area contributed by atoms with Gasteiger partial charge in [-0.15, -0.1) is 24.0 Å². The number of guanidine groups is 1. The normalized spacial score (nSPS) is 15.8. The number of methoxy groups -OCH3 is 1. The van der Waals surface area contributed by atoms with Crippen LogP contribution >= 0.6 is 24.0 Å². The summed E-state index contributed by atoms with van der Waals surface area (Å²) in [6.45, 7) is 3.13. The molecular formula is C20H31F3IN3O2. The first-order chi connectivity index (χ1) is 13.4. The molecule has 1 aromatic carbocycles. The van der Waals surface area contributed by atoms with Crippen molar-refractivity contribution in [1.82, 2.24) is 10.6 Å². The van der Waals surface area contributed by atoms with Crippen LogP contribution in [0.5, 0.6) is 5.75 Å². The summed E-state index contributed by atoms with van der Waals surface area (Å²) in [5, 5.41) is 6.57. The third-order valence-corrected chi connectivity index (χ3v) is 5.00. The smallest absolute Gasteiger partial charge is 0.422 e. The molecule has 0 atom stereocenters. The third-order valence-electron chi connectivity index (χ3n) is 5.00. The van der Waals surface area contributed by atoms with Gasteiger partial charge >= 0.3 is 6.18 Å². The molecule has 2 N–H and O–H groups in total. The minimum Gasteiger partial charge on any atom is -0.484 e. The van der Waals surface area contributed by atoms with Gasteiger partial charge in [0.1, 0.15) is 5.75 Å². The van der Waals surface area contributed by atoms with Gasteiger partial charge in [-0.2, -0.15) is 13.2 Å². The number of ether oxygens (including phenoxy) is 2. The molecule has 0 unspecified atom stereocenters. The van der Waals surface area contributed by atoms with Gasteiger partial charge in [0.05, 0.1) is 6.54 Å². The van der Waals surface area contributed by atoms with Gasteiger partial charge in [-0.05, 0) is 37.7 Å². The lowest BCUT2D eigenvalue weighted by Crippen LogP contribution is -2.46. The summed E-state index contributed by atoms with van der Waals surface area (Å²) >= 11 is 0. The largest absolute Gasteiger partial charge is 0.484 e. The summed E-state index contributed by atoms with van der Waals surface area (Å²) in [6.07, 6.45) is 0.187. The number of benzene rings is 1. The lowest BCUT2D eigenvalue weighted by molar-refractivity contribution is -0.153. The molecule has 29 heavy (non-hydrogen) atoms. The Bertz CT molecular complexity index is 638. The second-order valence-electron chi connectivity index (χ2n) is 7.16. The molecule has 1 aliphatic rings. The summed E-state index contributed by atoms with van der Waals surface area (Å²) in [5.41, 5.74) is 0.849. The van der Waals surface area contributed by atoms with E-state index in [0.717, 1.165) is 32.4 Å². The summed E-state index contributed by atoms with van der Waals surface area (Å²) in [4.78, 5) is 4.53. The van der Waals surface area contributed by atoms with E-state index < -0.39 is 12.8 Å². The second-order valence-corrected chi connectivity index (χ2v) is 7.16. The van der Waals surface area contributed by atoms with Crippen LogP contribution in [0.3, 0.4) is 0 Å². The van der Waals surface area contributed by atoms with Crippen molar-refractivity contribution in [1.29, 1.82) is 0 Å². The van der Waals surface area contributed by atoms with E-state index in [2.05, 4.69) is 15.6 Å². The van der Waals surface area contributed by atoms with Crippen LogP contribution in [-0.4, -0.2) is 45.5 Å². The molecule has 0 heterocycles. The van der Waals surface area contributed by atoms with Crippen LogP contribution in [-0.2, 0) is 11.3 Å². The molecule has 0 aromatic heterocycles. The second kappa shape index (κ2) is 12.5. The number of halogens is 4. The quantitative estimate of drug-likeness (QED) is 0.266. The molecule has 0 aliphatic heterocycles. The number of nitrogens with one attached hydrogen (secondary N) is 2. The maximum absolute atomic E-state index is 12.4. The topological polar surface area (TPSA) is 54.9 Å². The lowest BCUT2D eigenvalue weighted by atomic mass is 9.67. The van der Waals surface area contributed by atoms with E-state index >= 15 is 0 Å². The van der Waals surface area contributed by atoms with Gasteiger partial charge in [0.2, 0.25) is 0 Å². The summed E-state index contributed by atoms with van der Waals surface area (Å²) in [6, 6.07) is 6.67. The first kappa shape index (κ1) is 25.8. The number of hydrogen-bond donors (Lipinski definition) is 2. The Kier molecular flexibility index (Phi) is 11.1. The Labute approximate surface area is 187 Å². The summed E-state index contributed by atoms with van der Waals surface area (Å²) < 4.78 is 47.5. The molecule has 0 radical (unpaired) electrons. The van der Waals surface area contributed by atoms with Gasteiger partial charge in [0, 0.05) is 32.4 Å². The fourth-order valence-electron chi connectivity index (χ4n) is 3.22. The van der Waals surface area contributed by atoms with Crippen molar-refractivity contribution in [2.45, 2.75) is 45.3 Å². The van der Waals surface area contributed by atoms with Crippen molar-refractivity contribution < 1.29 is 22.6 Å². The summed E-state index contributed by atoms with van der Waals surface area (Å²) in [5.74, 6) is 0.854. The first-order valence-corrected chi connectivity index (χ1v) is 9.66. The average molecular weight is 529 g/mol. The summed E-state index contributed by atoms with van der Waals surface area (Å²) in [7, 11) is 1.71. The molecule has 1 fully saturated rings. The molecule has 166 valence electrons. The molecule has 5 nitrogen and oxygen atoms in total. The molecule has 1 aromatic rings. The number of alkyl halides is 3. The number of nitrogens with zero attached hydrogens (tertiary/aromatic N) is 1. The van der Waals surface area contributed by atoms with Gasteiger partial charge in [-0.1, -0.05) is 24.6 Å². The maximum Gasteiger partial charge on any atom is 0.422 e. The van der Waals surface area contributed by atoms with Crippen LogP contribution in [0.2, 0.25) is 0 Å². The zero-order valence-electron chi connectivity index (χ0n) is 17.0. The zero-order valence-corrected chi connectivity index (χ0v) is 19.3. The fraction of sp³-hybridized carbons (Fsp3) is 0.650. The van der Waals surface area contributed by atoms with Gasteiger partial charge in [-0.3, -0.25) is 0 Å². The van der Waals surface area contributed by atoms with Crippen molar-refractivity contribution in [2.75, 3.05) is 33.4 Å². The van der Waals surface area contributed by atoms with Gasteiger partial charge in [-0.25, -0.2) is 4.99 Å². The van der Waals surface area contributed by atoms with Crippen molar-refractivity contribution in [3.8, 4) is 5.75 Å². The van der Waals surface area contributed by atoms with Crippen molar-refractivity contribution in [3.05, 3.63) is 29.8 Å². The third kappa shape index (κ3) is 8.98. The SMILES string of the molecule is CCNC(=NCc1ccccc1OCC(F)(F)F)NCC1(CCOC)CCC1.I. The molecule has 0 bridgehead atoms. The van der Waals surface area contributed by atoms with Crippen molar-refractivity contribution in [3.63, 3.8) is 0 Å². The highest BCUT2D eigenvalue weighted by Gasteiger charge is 2.36. The van der Waals surface area contributed by atoms with Crippen LogP contribution in [0.4, 0.5) is 13.2 Å². The van der Waals surface area contributed by atoms with E-state index in [0.29, 0.717) is 18.1 Å². The molecular weight excluding hydrogens is 498 g/mol. The predicted molar refractivity (Wildman–Crippen MR) is 119 cm³/mol. The Hall–Kier alpha value is -1.23. The number of hydrogen-bond acceptors (Lipinski definition) is 3. The van der Waals surface area contributed by atoms with Crippen LogP contribution in [0.1, 0.15) is 38.2 Å². The zero-order chi connectivity index (χ0) is 20.5. The number of para-hydroxylation sites is 1. The minimum atomic E-state index is -4.37. The molecule has 2 rings (SSSR count). The highest BCUT2D eigenvalue weighted by atomic mass is 127. The van der Waals surface area contributed by atoms with Gasteiger partial charge in [0.25, 0.3) is 0 Å². The molecule has 0 saturated heterocycles. The van der Waals surface area contributed by atoms with Gasteiger partial charge < -0.3 is 20.1 Å². The lowest BCUT2D eigenvalue weighted by Gasteiger charge is -2.42. The number of aliphatic imine (C=N–C) groups is 1. The van der Waals surface area contributed by atoms with Crippen LogP contribution in [0, 0.1) is 5.41 Å². The molecule has 0 spiro atoms. The molecule has 1 saturated carbocycles. The highest BCUT2D eigenvalue weighted by molar-refractivity contribution is 14.0. The highest BCUT2D eigenvalue weighted by Crippen LogP contribution is 2.43.